The summed E-state index contributed by atoms with van der Waals surface area (Å²) in [4.78, 5) is 27.8. The molecule has 0 saturated heterocycles. The number of sulfonamides is 1. The summed E-state index contributed by atoms with van der Waals surface area (Å²) in [7, 11) is -3.88. The molecular weight excluding hydrogens is 493 g/mol. The molecule has 10 heteroatoms. The van der Waals surface area contributed by atoms with E-state index < -0.39 is 34.3 Å². The topological polar surface area (TPSA) is 86.8 Å². The van der Waals surface area contributed by atoms with Gasteiger partial charge in [0.05, 0.1) is 11.9 Å². The highest BCUT2D eigenvalue weighted by molar-refractivity contribution is 7.92. The van der Waals surface area contributed by atoms with Gasteiger partial charge in [-0.2, -0.15) is 0 Å². The average molecular weight is 524 g/mol. The number of anilines is 1. The van der Waals surface area contributed by atoms with Gasteiger partial charge in [0.2, 0.25) is 21.8 Å². The van der Waals surface area contributed by atoms with Crippen LogP contribution in [0.3, 0.4) is 0 Å². The first-order chi connectivity index (χ1) is 16.5. The summed E-state index contributed by atoms with van der Waals surface area (Å²) in [5.41, 5.74) is 0.994. The molecule has 1 fully saturated rings. The second kappa shape index (κ2) is 11.4. The molecule has 0 spiro atoms. The van der Waals surface area contributed by atoms with Crippen molar-refractivity contribution in [3.05, 3.63) is 64.4 Å². The van der Waals surface area contributed by atoms with Gasteiger partial charge in [0.25, 0.3) is 0 Å². The molecule has 0 aromatic heterocycles. The maximum Gasteiger partial charge on any atom is 0.244 e. The fourth-order valence-corrected chi connectivity index (χ4v) is 5.32. The predicted molar refractivity (Wildman–Crippen MR) is 135 cm³/mol. The van der Waals surface area contributed by atoms with Crippen molar-refractivity contribution in [2.24, 2.45) is 0 Å². The van der Waals surface area contributed by atoms with Crippen molar-refractivity contribution in [1.82, 2.24) is 10.2 Å². The average Bonchev–Trinajstić information content (AvgIpc) is 3.30. The van der Waals surface area contributed by atoms with Gasteiger partial charge in [0.15, 0.2) is 0 Å². The van der Waals surface area contributed by atoms with Crippen LogP contribution in [0.1, 0.15) is 43.7 Å². The lowest BCUT2D eigenvalue weighted by Gasteiger charge is -2.32. The van der Waals surface area contributed by atoms with Crippen LogP contribution >= 0.6 is 11.6 Å². The first kappa shape index (κ1) is 26.9. The number of hydrogen-bond acceptors (Lipinski definition) is 4. The van der Waals surface area contributed by atoms with Crippen molar-refractivity contribution < 1.29 is 22.4 Å². The van der Waals surface area contributed by atoms with E-state index in [9.17, 15) is 22.4 Å². The van der Waals surface area contributed by atoms with Gasteiger partial charge in [-0.05, 0) is 50.5 Å². The molecule has 3 rings (SSSR count). The van der Waals surface area contributed by atoms with Gasteiger partial charge < -0.3 is 10.2 Å². The minimum absolute atomic E-state index is 0.0389. The van der Waals surface area contributed by atoms with E-state index in [0.717, 1.165) is 36.2 Å². The Kier molecular flexibility index (Phi) is 8.77. The molecule has 35 heavy (non-hydrogen) atoms. The summed E-state index contributed by atoms with van der Waals surface area (Å²) in [5.74, 6) is -1.50. The van der Waals surface area contributed by atoms with Crippen molar-refractivity contribution in [2.45, 2.75) is 58.2 Å². The SMILES string of the molecule is Cc1c(Cl)cccc1N(CC(=O)N(Cc1ccccc1F)[C@H](C)C(=O)NC1CCCC1)S(C)(=O)=O. The Morgan fingerprint density at radius 3 is 2.43 bits per heavy atom. The van der Waals surface area contributed by atoms with Gasteiger partial charge >= 0.3 is 0 Å². The van der Waals surface area contributed by atoms with Crippen LogP contribution in [0.2, 0.25) is 5.02 Å². The van der Waals surface area contributed by atoms with Gasteiger partial charge in [0, 0.05) is 23.2 Å². The molecule has 1 aliphatic carbocycles. The van der Waals surface area contributed by atoms with Crippen molar-refractivity contribution in [1.29, 1.82) is 0 Å². The molecule has 1 N–H and O–H groups in total. The van der Waals surface area contributed by atoms with Crippen molar-refractivity contribution in [3.63, 3.8) is 0 Å². The number of amides is 2. The molecule has 0 unspecified atom stereocenters. The zero-order valence-electron chi connectivity index (χ0n) is 20.1. The van der Waals surface area contributed by atoms with E-state index in [4.69, 9.17) is 11.6 Å². The quantitative estimate of drug-likeness (QED) is 0.537. The third kappa shape index (κ3) is 6.73. The van der Waals surface area contributed by atoms with E-state index in [1.54, 1.807) is 38.1 Å². The fraction of sp³-hybridized carbons (Fsp3) is 0.440. The lowest BCUT2D eigenvalue weighted by atomic mass is 10.1. The lowest BCUT2D eigenvalue weighted by molar-refractivity contribution is -0.139. The molecule has 190 valence electrons. The first-order valence-electron chi connectivity index (χ1n) is 11.5. The highest BCUT2D eigenvalue weighted by Gasteiger charge is 2.32. The van der Waals surface area contributed by atoms with E-state index in [1.165, 1.54) is 23.1 Å². The smallest absolute Gasteiger partial charge is 0.244 e. The Balaban J connectivity index is 1.92. The van der Waals surface area contributed by atoms with E-state index in [2.05, 4.69) is 5.32 Å². The molecule has 7 nitrogen and oxygen atoms in total. The molecule has 1 aliphatic rings. The van der Waals surface area contributed by atoms with Gasteiger partial charge in [-0.3, -0.25) is 13.9 Å². The van der Waals surface area contributed by atoms with Crippen LogP contribution in [0.15, 0.2) is 42.5 Å². The van der Waals surface area contributed by atoms with Gasteiger partial charge in [-0.15, -0.1) is 0 Å². The Bertz CT molecular complexity index is 1180. The van der Waals surface area contributed by atoms with Crippen molar-refractivity contribution >= 4 is 39.1 Å². The highest BCUT2D eigenvalue weighted by atomic mass is 35.5. The van der Waals surface area contributed by atoms with Crippen molar-refractivity contribution in [3.8, 4) is 0 Å². The zero-order valence-corrected chi connectivity index (χ0v) is 21.7. The van der Waals surface area contributed by atoms with Crippen molar-refractivity contribution in [2.75, 3.05) is 17.1 Å². The number of halogens is 2. The second-order valence-electron chi connectivity index (χ2n) is 8.93. The Morgan fingerprint density at radius 2 is 1.80 bits per heavy atom. The maximum absolute atomic E-state index is 14.5. The number of hydrogen-bond donors (Lipinski definition) is 1. The minimum Gasteiger partial charge on any atom is -0.352 e. The Labute approximate surface area is 211 Å². The largest absolute Gasteiger partial charge is 0.352 e. The number of carbonyl (C=O) groups is 2. The van der Waals surface area contributed by atoms with Crippen LogP contribution in [0.25, 0.3) is 0 Å². The second-order valence-corrected chi connectivity index (χ2v) is 11.2. The minimum atomic E-state index is -3.88. The fourth-order valence-electron chi connectivity index (χ4n) is 4.25. The first-order valence-corrected chi connectivity index (χ1v) is 13.8. The molecule has 2 aromatic carbocycles. The summed E-state index contributed by atoms with van der Waals surface area (Å²) < 4.78 is 40.8. The number of benzene rings is 2. The maximum atomic E-state index is 14.5. The molecule has 2 aromatic rings. The molecule has 0 bridgehead atoms. The lowest BCUT2D eigenvalue weighted by Crippen LogP contribution is -2.52. The summed E-state index contributed by atoms with van der Waals surface area (Å²) in [5, 5.41) is 3.33. The van der Waals surface area contributed by atoms with E-state index >= 15 is 0 Å². The Morgan fingerprint density at radius 1 is 1.14 bits per heavy atom. The summed E-state index contributed by atoms with van der Waals surface area (Å²) >= 11 is 6.19. The zero-order chi connectivity index (χ0) is 25.8. The van der Waals surface area contributed by atoms with Gasteiger partial charge in [0.1, 0.15) is 18.4 Å². The van der Waals surface area contributed by atoms with Crippen LogP contribution in [-0.2, 0) is 26.2 Å². The molecular formula is C25H31ClFN3O4S. The van der Waals surface area contributed by atoms with Crippen LogP contribution in [0.5, 0.6) is 0 Å². The molecule has 1 atom stereocenters. The van der Waals surface area contributed by atoms with Gasteiger partial charge in [-0.1, -0.05) is 48.7 Å². The number of nitrogens with one attached hydrogen (secondary N) is 1. The molecule has 2 amide bonds. The third-order valence-electron chi connectivity index (χ3n) is 6.35. The summed E-state index contributed by atoms with van der Waals surface area (Å²) in [6, 6.07) is 9.88. The predicted octanol–water partition coefficient (Wildman–Crippen LogP) is 4.03. The molecule has 0 aliphatic heterocycles. The molecule has 0 radical (unpaired) electrons. The molecule has 1 saturated carbocycles. The standard InChI is InChI=1S/C25H31ClFN3O4S/c1-17-21(26)12-8-14-23(17)30(35(3,33)34)16-24(31)29(15-19-9-4-7-13-22(19)27)18(2)25(32)28-20-10-5-6-11-20/h4,7-9,12-14,18,20H,5-6,10-11,15-16H2,1-3H3,(H,28,32)/t18-/m1/s1. The summed E-state index contributed by atoms with van der Waals surface area (Å²) in [6.07, 6.45) is 4.79. The molecule has 0 heterocycles. The van der Waals surface area contributed by atoms with Gasteiger partial charge in [-0.25, -0.2) is 12.8 Å². The van der Waals surface area contributed by atoms with E-state index in [1.807, 2.05) is 0 Å². The normalized spacial score (nSPS) is 15.0. The number of rotatable bonds is 9. The van der Waals surface area contributed by atoms with E-state index in [0.29, 0.717) is 10.6 Å². The van der Waals surface area contributed by atoms with Crippen LogP contribution < -0.4 is 9.62 Å². The van der Waals surface area contributed by atoms with Crippen LogP contribution in [0.4, 0.5) is 10.1 Å². The Hall–Kier alpha value is -2.65. The van der Waals surface area contributed by atoms with E-state index in [-0.39, 0.29) is 29.7 Å². The highest BCUT2D eigenvalue weighted by Crippen LogP contribution is 2.28. The van der Waals surface area contributed by atoms with Crippen LogP contribution in [0, 0.1) is 12.7 Å². The monoisotopic (exact) mass is 523 g/mol. The number of nitrogens with zero attached hydrogens (tertiary/aromatic N) is 2. The summed E-state index contributed by atoms with van der Waals surface area (Å²) in [6.45, 7) is 2.49. The third-order valence-corrected chi connectivity index (χ3v) is 7.89. The number of carbonyl (C=O) groups excluding carboxylic acids is 2. The van der Waals surface area contributed by atoms with Crippen LogP contribution in [-0.4, -0.2) is 50.0 Å².